The lowest BCUT2D eigenvalue weighted by atomic mass is 9.93. The molecule has 15 heavy (non-hydrogen) atoms. The largest absolute Gasteiger partial charge is 0.370 e. The monoisotopic (exact) mass is 224 g/mol. The molecule has 0 aliphatic heterocycles. The number of aromatic nitrogens is 1. The van der Waals surface area contributed by atoms with Gasteiger partial charge >= 0.3 is 0 Å². The van der Waals surface area contributed by atoms with Gasteiger partial charge in [-0.25, -0.2) is 0 Å². The molecular formula is C12H17ClN2. The highest BCUT2D eigenvalue weighted by atomic mass is 35.5. The fourth-order valence-electron chi connectivity index (χ4n) is 2.27. The van der Waals surface area contributed by atoms with Crippen LogP contribution in [0.4, 0.5) is 5.69 Å². The Labute approximate surface area is 96.3 Å². The third-order valence-corrected chi connectivity index (χ3v) is 3.72. The molecule has 3 heteroatoms. The van der Waals surface area contributed by atoms with E-state index in [1.807, 2.05) is 24.5 Å². The van der Waals surface area contributed by atoms with Crippen LogP contribution in [0.3, 0.4) is 0 Å². The quantitative estimate of drug-likeness (QED) is 0.718. The Morgan fingerprint density at radius 1 is 1.27 bits per heavy atom. The smallest absolute Gasteiger partial charge is 0.0539 e. The summed E-state index contributed by atoms with van der Waals surface area (Å²) in [5.41, 5.74) is 1.21. The van der Waals surface area contributed by atoms with E-state index in [0.717, 1.165) is 6.42 Å². The molecule has 2 atom stereocenters. The molecule has 0 radical (unpaired) electrons. The van der Waals surface area contributed by atoms with E-state index < -0.39 is 0 Å². The van der Waals surface area contributed by atoms with Gasteiger partial charge in [-0.2, -0.15) is 0 Å². The first-order valence-electron chi connectivity index (χ1n) is 5.56. The zero-order valence-electron chi connectivity index (χ0n) is 9.06. The first kappa shape index (κ1) is 10.7. The summed E-state index contributed by atoms with van der Waals surface area (Å²) in [6.45, 7) is 0. The highest BCUT2D eigenvalue weighted by Crippen LogP contribution is 2.29. The Balaban J connectivity index is 2.09. The molecule has 0 saturated heterocycles. The van der Waals surface area contributed by atoms with Crippen molar-refractivity contribution in [3.8, 4) is 0 Å². The second-order valence-electron chi connectivity index (χ2n) is 4.18. The zero-order valence-corrected chi connectivity index (χ0v) is 9.82. The topological polar surface area (TPSA) is 16.1 Å². The van der Waals surface area contributed by atoms with Gasteiger partial charge in [0, 0.05) is 31.2 Å². The molecule has 0 spiro atoms. The predicted molar refractivity (Wildman–Crippen MR) is 64.5 cm³/mol. The summed E-state index contributed by atoms with van der Waals surface area (Å²) in [4.78, 5) is 6.32. The molecule has 2 rings (SSSR count). The summed E-state index contributed by atoms with van der Waals surface area (Å²) in [6, 6.07) is 4.55. The van der Waals surface area contributed by atoms with E-state index in [0.29, 0.717) is 6.04 Å². The van der Waals surface area contributed by atoms with E-state index in [4.69, 9.17) is 11.6 Å². The van der Waals surface area contributed by atoms with E-state index in [1.54, 1.807) is 0 Å². The van der Waals surface area contributed by atoms with Crippen molar-refractivity contribution in [2.24, 2.45) is 0 Å². The fourth-order valence-corrected chi connectivity index (χ4v) is 2.72. The van der Waals surface area contributed by atoms with Crippen molar-refractivity contribution in [3.05, 3.63) is 24.5 Å². The Morgan fingerprint density at radius 2 is 1.93 bits per heavy atom. The summed E-state index contributed by atoms with van der Waals surface area (Å²) in [7, 11) is 2.13. The van der Waals surface area contributed by atoms with Gasteiger partial charge in [-0.15, -0.1) is 11.6 Å². The molecule has 0 bridgehead atoms. The maximum Gasteiger partial charge on any atom is 0.0539 e. The van der Waals surface area contributed by atoms with Crippen LogP contribution in [0.25, 0.3) is 0 Å². The van der Waals surface area contributed by atoms with Crippen molar-refractivity contribution >= 4 is 17.3 Å². The average Bonchev–Trinajstić information content (AvgIpc) is 2.30. The Bertz CT molecular complexity index is 302. The molecule has 2 unspecified atom stereocenters. The SMILES string of the molecule is CN(c1ccncc1)C1CCCCC1Cl. The molecule has 1 fully saturated rings. The summed E-state index contributed by atoms with van der Waals surface area (Å²) in [5, 5.41) is 0.289. The van der Waals surface area contributed by atoms with Crippen molar-refractivity contribution in [3.63, 3.8) is 0 Å². The number of hydrogen-bond acceptors (Lipinski definition) is 2. The van der Waals surface area contributed by atoms with Gasteiger partial charge in [0.25, 0.3) is 0 Å². The van der Waals surface area contributed by atoms with E-state index in [1.165, 1.54) is 24.9 Å². The van der Waals surface area contributed by atoms with Crippen LogP contribution in [0.15, 0.2) is 24.5 Å². The van der Waals surface area contributed by atoms with Gasteiger partial charge in [-0.05, 0) is 25.0 Å². The molecule has 1 aromatic rings. The summed E-state index contributed by atoms with van der Waals surface area (Å²) in [6.07, 6.45) is 8.57. The van der Waals surface area contributed by atoms with Crippen LogP contribution in [-0.4, -0.2) is 23.5 Å². The second kappa shape index (κ2) is 4.84. The molecule has 82 valence electrons. The molecule has 0 aromatic carbocycles. The van der Waals surface area contributed by atoms with Gasteiger partial charge in [0.2, 0.25) is 0 Å². The lowest BCUT2D eigenvalue weighted by molar-refractivity contribution is 0.434. The number of halogens is 1. The fraction of sp³-hybridized carbons (Fsp3) is 0.583. The molecule has 0 N–H and O–H groups in total. The van der Waals surface area contributed by atoms with Crippen LogP contribution in [-0.2, 0) is 0 Å². The molecule has 0 amide bonds. The van der Waals surface area contributed by atoms with Crippen molar-refractivity contribution in [1.29, 1.82) is 0 Å². The number of alkyl halides is 1. The highest BCUT2D eigenvalue weighted by molar-refractivity contribution is 6.21. The summed E-state index contributed by atoms with van der Waals surface area (Å²) in [5.74, 6) is 0. The van der Waals surface area contributed by atoms with Gasteiger partial charge in [0.1, 0.15) is 0 Å². The second-order valence-corrected chi connectivity index (χ2v) is 4.74. The maximum absolute atomic E-state index is 6.37. The van der Waals surface area contributed by atoms with Gasteiger partial charge in [0.05, 0.1) is 5.38 Å². The lowest BCUT2D eigenvalue weighted by Gasteiger charge is -2.36. The lowest BCUT2D eigenvalue weighted by Crippen LogP contribution is -2.40. The van der Waals surface area contributed by atoms with Crippen molar-refractivity contribution in [2.75, 3.05) is 11.9 Å². The minimum atomic E-state index is 0.289. The maximum atomic E-state index is 6.37. The number of pyridine rings is 1. The van der Waals surface area contributed by atoms with Gasteiger partial charge in [0.15, 0.2) is 0 Å². The zero-order chi connectivity index (χ0) is 10.7. The molecule has 2 nitrogen and oxygen atoms in total. The molecular weight excluding hydrogens is 208 g/mol. The van der Waals surface area contributed by atoms with Crippen molar-refractivity contribution < 1.29 is 0 Å². The Kier molecular flexibility index (Phi) is 3.47. The molecule has 1 aliphatic carbocycles. The first-order chi connectivity index (χ1) is 7.29. The minimum Gasteiger partial charge on any atom is -0.370 e. The van der Waals surface area contributed by atoms with Crippen LogP contribution in [0.5, 0.6) is 0 Å². The highest BCUT2D eigenvalue weighted by Gasteiger charge is 2.26. The van der Waals surface area contributed by atoms with Gasteiger partial charge in [-0.3, -0.25) is 4.98 Å². The van der Waals surface area contributed by atoms with E-state index >= 15 is 0 Å². The van der Waals surface area contributed by atoms with E-state index in [9.17, 15) is 0 Å². The van der Waals surface area contributed by atoms with Crippen LogP contribution in [0.2, 0.25) is 0 Å². The van der Waals surface area contributed by atoms with Crippen LogP contribution >= 0.6 is 11.6 Å². The third-order valence-electron chi connectivity index (χ3n) is 3.21. The van der Waals surface area contributed by atoms with E-state index in [-0.39, 0.29) is 5.38 Å². The molecule has 1 aromatic heterocycles. The summed E-state index contributed by atoms with van der Waals surface area (Å²) < 4.78 is 0. The van der Waals surface area contributed by atoms with Crippen LogP contribution in [0.1, 0.15) is 25.7 Å². The van der Waals surface area contributed by atoms with Crippen LogP contribution in [0, 0.1) is 0 Å². The number of anilines is 1. The van der Waals surface area contributed by atoms with Crippen LogP contribution < -0.4 is 4.90 Å². The normalized spacial score (nSPS) is 26.3. The summed E-state index contributed by atoms with van der Waals surface area (Å²) >= 11 is 6.37. The number of nitrogens with zero attached hydrogens (tertiary/aromatic N) is 2. The Hall–Kier alpha value is -0.760. The third kappa shape index (κ3) is 2.43. The number of rotatable bonds is 2. The van der Waals surface area contributed by atoms with Gasteiger partial charge < -0.3 is 4.90 Å². The average molecular weight is 225 g/mol. The minimum absolute atomic E-state index is 0.289. The first-order valence-corrected chi connectivity index (χ1v) is 5.99. The van der Waals surface area contributed by atoms with Gasteiger partial charge in [-0.1, -0.05) is 12.8 Å². The Morgan fingerprint density at radius 3 is 2.60 bits per heavy atom. The van der Waals surface area contributed by atoms with E-state index in [2.05, 4.69) is 16.9 Å². The number of hydrogen-bond donors (Lipinski definition) is 0. The standard InChI is InChI=1S/C12H17ClN2/c1-15(10-6-8-14-9-7-10)12-5-3-2-4-11(12)13/h6-9,11-12H,2-5H2,1H3. The van der Waals surface area contributed by atoms with Crippen molar-refractivity contribution in [2.45, 2.75) is 37.1 Å². The van der Waals surface area contributed by atoms with Crippen molar-refractivity contribution in [1.82, 2.24) is 4.98 Å². The molecule has 1 saturated carbocycles. The molecule has 1 heterocycles. The predicted octanol–water partition coefficient (Wildman–Crippen LogP) is 3.07. The molecule has 1 aliphatic rings.